The minimum absolute atomic E-state index is 0.188. The Morgan fingerprint density at radius 3 is 2.80 bits per heavy atom. The van der Waals surface area contributed by atoms with Crippen LogP contribution in [0.4, 0.5) is 0 Å². The van der Waals surface area contributed by atoms with Gasteiger partial charge in [0, 0.05) is 5.56 Å². The predicted octanol–water partition coefficient (Wildman–Crippen LogP) is 2.82. The molecule has 20 heavy (non-hydrogen) atoms. The van der Waals surface area contributed by atoms with Gasteiger partial charge in [0.05, 0.1) is 18.4 Å². The van der Waals surface area contributed by atoms with E-state index >= 15 is 0 Å². The first-order valence-electron chi connectivity index (χ1n) is 6.19. The van der Waals surface area contributed by atoms with E-state index in [1.807, 2.05) is 30.3 Å². The molecule has 1 heterocycles. The number of nitrogens with one attached hydrogen (secondary N) is 1. The van der Waals surface area contributed by atoms with Crippen LogP contribution in [0.1, 0.15) is 15.9 Å². The topological polar surface area (TPSA) is 47.6 Å². The van der Waals surface area contributed by atoms with Crippen molar-refractivity contribution in [1.29, 1.82) is 0 Å². The van der Waals surface area contributed by atoms with Gasteiger partial charge >= 0.3 is 0 Å². The monoisotopic (exact) mass is 267 g/mol. The van der Waals surface area contributed by atoms with Gasteiger partial charge in [0.25, 0.3) is 5.91 Å². The molecule has 1 aliphatic heterocycles. The summed E-state index contributed by atoms with van der Waals surface area (Å²) in [5, 5.41) is 2.84. The van der Waals surface area contributed by atoms with Gasteiger partial charge in [-0.15, -0.1) is 0 Å². The molecule has 3 rings (SSSR count). The van der Waals surface area contributed by atoms with Gasteiger partial charge in [-0.05, 0) is 24.3 Å². The number of rotatable bonds is 2. The van der Waals surface area contributed by atoms with Crippen LogP contribution >= 0.6 is 0 Å². The molecule has 4 heteroatoms. The Morgan fingerprint density at radius 1 is 1.10 bits per heavy atom. The third kappa shape index (κ3) is 2.23. The maximum absolute atomic E-state index is 12.2. The number of benzene rings is 2. The number of carbonyl (C=O) groups is 1. The van der Waals surface area contributed by atoms with Crippen LogP contribution in [0.2, 0.25) is 0 Å². The van der Waals surface area contributed by atoms with Crippen LogP contribution in [-0.4, -0.2) is 13.0 Å². The Labute approximate surface area is 116 Å². The molecule has 0 bridgehead atoms. The van der Waals surface area contributed by atoms with Gasteiger partial charge in [-0.1, -0.05) is 24.3 Å². The number of hydrogen-bond donors (Lipinski definition) is 1. The Morgan fingerprint density at radius 2 is 1.95 bits per heavy atom. The highest BCUT2D eigenvalue weighted by atomic mass is 16.5. The molecule has 0 saturated heterocycles. The van der Waals surface area contributed by atoms with E-state index in [1.165, 1.54) is 0 Å². The van der Waals surface area contributed by atoms with Crippen molar-refractivity contribution >= 4 is 11.6 Å². The summed E-state index contributed by atoms with van der Waals surface area (Å²) in [4.78, 5) is 12.2. The van der Waals surface area contributed by atoms with E-state index in [0.29, 0.717) is 17.0 Å². The summed E-state index contributed by atoms with van der Waals surface area (Å²) in [6, 6.07) is 14.6. The largest absolute Gasteiger partial charge is 0.497 e. The standard InChI is InChI=1S/C16H13NO3/c1-19-12-6-4-5-11(9-12)14-10-20-15-8-3-2-7-13(15)16(18)17-14/h2-10H,1H3,(H,17,18). The molecule has 4 nitrogen and oxygen atoms in total. The van der Waals surface area contributed by atoms with Crippen LogP contribution in [-0.2, 0) is 0 Å². The Bertz CT molecular complexity index is 692. The molecule has 0 aliphatic carbocycles. The number of fused-ring (bicyclic) bond motifs is 1. The van der Waals surface area contributed by atoms with E-state index in [1.54, 1.807) is 31.6 Å². The molecule has 0 spiro atoms. The third-order valence-corrected chi connectivity index (χ3v) is 3.06. The lowest BCUT2D eigenvalue weighted by Crippen LogP contribution is -2.20. The van der Waals surface area contributed by atoms with Crippen LogP contribution in [0.5, 0.6) is 11.5 Å². The van der Waals surface area contributed by atoms with Crippen LogP contribution in [0.3, 0.4) is 0 Å². The summed E-state index contributed by atoms with van der Waals surface area (Å²) in [5.74, 6) is 1.08. The number of para-hydroxylation sites is 1. The highest BCUT2D eigenvalue weighted by Gasteiger charge is 2.18. The Kier molecular flexibility index (Phi) is 3.13. The normalized spacial score (nSPS) is 13.4. The fourth-order valence-electron chi connectivity index (χ4n) is 2.03. The first kappa shape index (κ1) is 12.3. The first-order chi connectivity index (χ1) is 9.78. The van der Waals surface area contributed by atoms with Crippen LogP contribution in [0, 0.1) is 0 Å². The summed E-state index contributed by atoms with van der Waals surface area (Å²) in [6.45, 7) is 0. The minimum Gasteiger partial charge on any atom is -0.497 e. The van der Waals surface area contributed by atoms with Gasteiger partial charge in [-0.3, -0.25) is 4.79 Å². The van der Waals surface area contributed by atoms with Gasteiger partial charge in [-0.25, -0.2) is 0 Å². The molecule has 2 aromatic rings. The van der Waals surface area contributed by atoms with E-state index < -0.39 is 0 Å². The summed E-state index contributed by atoms with van der Waals surface area (Å²) < 4.78 is 10.8. The van der Waals surface area contributed by atoms with Crippen molar-refractivity contribution in [1.82, 2.24) is 5.32 Å². The van der Waals surface area contributed by atoms with Crippen LogP contribution < -0.4 is 14.8 Å². The minimum atomic E-state index is -0.188. The lowest BCUT2D eigenvalue weighted by molar-refractivity contribution is 0.0973. The zero-order valence-electron chi connectivity index (χ0n) is 10.9. The van der Waals surface area contributed by atoms with E-state index in [-0.39, 0.29) is 5.91 Å². The van der Waals surface area contributed by atoms with Crippen molar-refractivity contribution in [3.05, 3.63) is 65.9 Å². The predicted molar refractivity (Wildman–Crippen MR) is 75.5 cm³/mol. The van der Waals surface area contributed by atoms with E-state index in [9.17, 15) is 4.79 Å². The zero-order valence-corrected chi connectivity index (χ0v) is 10.9. The van der Waals surface area contributed by atoms with Gasteiger partial charge in [-0.2, -0.15) is 0 Å². The van der Waals surface area contributed by atoms with E-state index in [0.717, 1.165) is 11.3 Å². The molecule has 1 N–H and O–H groups in total. The molecule has 0 aromatic heterocycles. The zero-order chi connectivity index (χ0) is 13.9. The Hall–Kier alpha value is -2.75. The molecule has 0 atom stereocenters. The molecule has 0 fully saturated rings. The van der Waals surface area contributed by atoms with Crippen molar-refractivity contribution in [2.75, 3.05) is 7.11 Å². The summed E-state index contributed by atoms with van der Waals surface area (Å²) in [7, 11) is 1.60. The molecular formula is C16H13NO3. The molecule has 1 aliphatic rings. The molecule has 0 saturated carbocycles. The summed E-state index contributed by atoms with van der Waals surface area (Å²) in [5.41, 5.74) is 1.94. The van der Waals surface area contributed by atoms with E-state index in [4.69, 9.17) is 9.47 Å². The highest BCUT2D eigenvalue weighted by Crippen LogP contribution is 2.25. The fraction of sp³-hybridized carbons (Fsp3) is 0.0625. The lowest BCUT2D eigenvalue weighted by atomic mass is 10.1. The molecule has 0 radical (unpaired) electrons. The van der Waals surface area contributed by atoms with Gasteiger partial charge in [0.1, 0.15) is 17.8 Å². The van der Waals surface area contributed by atoms with Crippen LogP contribution in [0.15, 0.2) is 54.8 Å². The van der Waals surface area contributed by atoms with Crippen molar-refractivity contribution in [3.8, 4) is 11.5 Å². The Balaban J connectivity index is 1.97. The number of methoxy groups -OCH3 is 1. The second kappa shape index (κ2) is 5.09. The SMILES string of the molecule is COc1cccc(C2=COc3ccccc3C(=O)N2)c1. The number of amides is 1. The van der Waals surface area contributed by atoms with Gasteiger partial charge in [0.15, 0.2) is 0 Å². The van der Waals surface area contributed by atoms with Gasteiger partial charge in [0.2, 0.25) is 0 Å². The van der Waals surface area contributed by atoms with E-state index in [2.05, 4.69) is 5.32 Å². The fourth-order valence-corrected chi connectivity index (χ4v) is 2.03. The molecule has 2 aromatic carbocycles. The first-order valence-corrected chi connectivity index (χ1v) is 6.19. The molecular weight excluding hydrogens is 254 g/mol. The lowest BCUT2D eigenvalue weighted by Gasteiger charge is -2.08. The maximum Gasteiger partial charge on any atom is 0.259 e. The third-order valence-electron chi connectivity index (χ3n) is 3.06. The smallest absolute Gasteiger partial charge is 0.259 e. The second-order valence-electron chi connectivity index (χ2n) is 4.33. The quantitative estimate of drug-likeness (QED) is 0.910. The van der Waals surface area contributed by atoms with Crippen molar-refractivity contribution in [2.45, 2.75) is 0 Å². The highest BCUT2D eigenvalue weighted by molar-refractivity contribution is 6.02. The summed E-state index contributed by atoms with van der Waals surface area (Å²) >= 11 is 0. The van der Waals surface area contributed by atoms with Crippen molar-refractivity contribution in [3.63, 3.8) is 0 Å². The number of ether oxygens (including phenoxy) is 2. The number of hydrogen-bond acceptors (Lipinski definition) is 3. The maximum atomic E-state index is 12.2. The number of carbonyl (C=O) groups excluding carboxylic acids is 1. The van der Waals surface area contributed by atoms with Crippen LogP contribution in [0.25, 0.3) is 5.70 Å². The average molecular weight is 267 g/mol. The molecule has 1 amide bonds. The molecule has 100 valence electrons. The van der Waals surface area contributed by atoms with Crippen molar-refractivity contribution < 1.29 is 14.3 Å². The van der Waals surface area contributed by atoms with Gasteiger partial charge < -0.3 is 14.8 Å². The second-order valence-corrected chi connectivity index (χ2v) is 4.33. The van der Waals surface area contributed by atoms with Crippen molar-refractivity contribution in [2.24, 2.45) is 0 Å². The molecule has 0 unspecified atom stereocenters. The summed E-state index contributed by atoms with van der Waals surface area (Å²) in [6.07, 6.45) is 1.54. The average Bonchev–Trinajstić information content (AvgIpc) is 2.67.